The molecule has 4 rings (SSSR count). The topological polar surface area (TPSA) is 55.6 Å². The molecule has 2 aromatic carbocycles. The number of ether oxygens (including phenoxy) is 1. The number of fused-ring (bicyclic) bond motifs is 1. The number of carbonyl (C=O) groups excluding carboxylic acids is 1. The monoisotopic (exact) mass is 417 g/mol. The van der Waals surface area contributed by atoms with E-state index in [4.69, 9.17) is 27.9 Å². The summed E-state index contributed by atoms with van der Waals surface area (Å²) in [5.74, 6) is 0.528. The zero-order chi connectivity index (χ0) is 19.0. The first-order valence-corrected chi connectivity index (χ1v) is 9.56. The highest BCUT2D eigenvalue weighted by Crippen LogP contribution is 2.27. The van der Waals surface area contributed by atoms with Gasteiger partial charge in [0.2, 0.25) is 0 Å². The summed E-state index contributed by atoms with van der Waals surface area (Å²) >= 11 is 13.3. The SMILES string of the molecule is COc1ccc(-c2cn3c(C(=O)Nc4ccc(Cl)c(Cl)c4)csc3n2)cc1. The Morgan fingerprint density at radius 3 is 2.63 bits per heavy atom. The zero-order valence-corrected chi connectivity index (χ0v) is 16.4. The van der Waals surface area contributed by atoms with Gasteiger partial charge in [0.15, 0.2) is 4.96 Å². The molecule has 2 heterocycles. The molecule has 0 saturated carbocycles. The predicted octanol–water partition coefficient (Wildman–Crippen LogP) is 5.63. The molecule has 0 unspecified atom stereocenters. The van der Waals surface area contributed by atoms with Crippen molar-refractivity contribution in [3.63, 3.8) is 0 Å². The van der Waals surface area contributed by atoms with Gasteiger partial charge in [-0.3, -0.25) is 9.20 Å². The van der Waals surface area contributed by atoms with Crippen LogP contribution in [0.3, 0.4) is 0 Å². The van der Waals surface area contributed by atoms with Gasteiger partial charge < -0.3 is 10.1 Å². The zero-order valence-electron chi connectivity index (χ0n) is 14.1. The Labute approximate surface area is 169 Å². The van der Waals surface area contributed by atoms with E-state index < -0.39 is 0 Å². The number of halogens is 2. The first kappa shape index (κ1) is 17.9. The Bertz CT molecular complexity index is 1140. The first-order valence-electron chi connectivity index (χ1n) is 7.92. The second-order valence-corrected chi connectivity index (χ2v) is 7.36. The molecule has 1 amide bonds. The van der Waals surface area contributed by atoms with Gasteiger partial charge in [-0.25, -0.2) is 4.98 Å². The van der Waals surface area contributed by atoms with Crippen molar-refractivity contribution in [2.75, 3.05) is 12.4 Å². The number of rotatable bonds is 4. The summed E-state index contributed by atoms with van der Waals surface area (Å²) in [5, 5.41) is 5.42. The molecule has 0 bridgehead atoms. The minimum atomic E-state index is -0.252. The number of carbonyl (C=O) groups is 1. The van der Waals surface area contributed by atoms with Crippen LogP contribution in [0, 0.1) is 0 Å². The second-order valence-electron chi connectivity index (χ2n) is 5.71. The number of methoxy groups -OCH3 is 1. The number of thiazole rings is 1. The van der Waals surface area contributed by atoms with E-state index in [1.165, 1.54) is 11.3 Å². The van der Waals surface area contributed by atoms with Gasteiger partial charge >= 0.3 is 0 Å². The highest BCUT2D eigenvalue weighted by molar-refractivity contribution is 7.15. The van der Waals surface area contributed by atoms with E-state index in [9.17, 15) is 4.79 Å². The molecule has 27 heavy (non-hydrogen) atoms. The quantitative estimate of drug-likeness (QED) is 0.467. The Kier molecular flexibility index (Phi) is 4.78. The average molecular weight is 418 g/mol. The van der Waals surface area contributed by atoms with Gasteiger partial charge in [-0.1, -0.05) is 23.2 Å². The molecule has 0 spiro atoms. The Morgan fingerprint density at radius 1 is 1.15 bits per heavy atom. The molecular formula is C19H13Cl2N3O2S. The normalized spacial score (nSPS) is 10.9. The van der Waals surface area contributed by atoms with E-state index in [2.05, 4.69) is 10.3 Å². The molecule has 0 aliphatic rings. The van der Waals surface area contributed by atoms with E-state index >= 15 is 0 Å². The molecule has 0 aliphatic heterocycles. The number of imidazole rings is 1. The molecule has 2 aromatic heterocycles. The van der Waals surface area contributed by atoms with Gasteiger partial charge in [0.05, 0.1) is 22.8 Å². The van der Waals surface area contributed by atoms with Crippen LogP contribution in [0.25, 0.3) is 16.2 Å². The van der Waals surface area contributed by atoms with Crippen molar-refractivity contribution in [3.05, 3.63) is 69.8 Å². The van der Waals surface area contributed by atoms with Crippen LogP contribution >= 0.6 is 34.5 Å². The van der Waals surface area contributed by atoms with Crippen molar-refractivity contribution in [2.24, 2.45) is 0 Å². The van der Waals surface area contributed by atoms with Crippen LogP contribution in [0.5, 0.6) is 5.75 Å². The number of hydrogen-bond acceptors (Lipinski definition) is 4. The predicted molar refractivity (Wildman–Crippen MR) is 109 cm³/mol. The van der Waals surface area contributed by atoms with Crippen LogP contribution < -0.4 is 10.1 Å². The van der Waals surface area contributed by atoms with Gasteiger partial charge in [-0.2, -0.15) is 0 Å². The van der Waals surface area contributed by atoms with Gasteiger partial charge in [-0.05, 0) is 42.5 Å². The standard InChI is InChI=1S/C19H13Cl2N3O2S/c1-26-13-5-2-11(3-6-13)16-9-24-17(10-27-19(24)23-16)18(25)22-12-4-7-14(20)15(21)8-12/h2-10H,1H3,(H,22,25). The van der Waals surface area contributed by atoms with E-state index in [1.807, 2.05) is 30.5 Å². The highest BCUT2D eigenvalue weighted by Gasteiger charge is 2.16. The van der Waals surface area contributed by atoms with E-state index in [0.717, 1.165) is 22.0 Å². The summed E-state index contributed by atoms with van der Waals surface area (Å²) in [6, 6.07) is 12.6. The second kappa shape index (κ2) is 7.23. The van der Waals surface area contributed by atoms with E-state index in [-0.39, 0.29) is 5.91 Å². The van der Waals surface area contributed by atoms with Crippen LogP contribution in [0.1, 0.15) is 10.5 Å². The summed E-state index contributed by atoms with van der Waals surface area (Å²) in [6.45, 7) is 0. The molecule has 0 fully saturated rings. The van der Waals surface area contributed by atoms with Crippen molar-refractivity contribution in [1.29, 1.82) is 0 Å². The minimum Gasteiger partial charge on any atom is -0.497 e. The minimum absolute atomic E-state index is 0.252. The lowest BCUT2D eigenvalue weighted by Crippen LogP contribution is -2.13. The maximum atomic E-state index is 12.7. The fraction of sp³-hybridized carbons (Fsp3) is 0.0526. The van der Waals surface area contributed by atoms with Crippen LogP contribution in [-0.2, 0) is 0 Å². The van der Waals surface area contributed by atoms with Crippen LogP contribution in [0.4, 0.5) is 5.69 Å². The number of aromatic nitrogens is 2. The number of benzene rings is 2. The molecule has 4 aromatic rings. The van der Waals surface area contributed by atoms with Crippen molar-refractivity contribution in [2.45, 2.75) is 0 Å². The van der Waals surface area contributed by atoms with Crippen LogP contribution in [-0.4, -0.2) is 22.4 Å². The first-order chi connectivity index (χ1) is 13.0. The number of anilines is 1. The molecule has 0 atom stereocenters. The van der Waals surface area contributed by atoms with Crippen molar-refractivity contribution in [1.82, 2.24) is 9.38 Å². The molecule has 0 aliphatic carbocycles. The fourth-order valence-electron chi connectivity index (χ4n) is 2.62. The van der Waals surface area contributed by atoms with E-state index in [0.29, 0.717) is 21.4 Å². The smallest absolute Gasteiger partial charge is 0.273 e. The van der Waals surface area contributed by atoms with E-state index in [1.54, 1.807) is 35.1 Å². The number of nitrogens with one attached hydrogen (secondary N) is 1. The highest BCUT2D eigenvalue weighted by atomic mass is 35.5. The molecule has 136 valence electrons. The van der Waals surface area contributed by atoms with Crippen LogP contribution in [0.15, 0.2) is 54.0 Å². The number of amides is 1. The summed E-state index contributed by atoms with van der Waals surface area (Å²) in [5.41, 5.74) is 2.80. The fourth-order valence-corrected chi connectivity index (χ4v) is 3.77. The molecule has 5 nitrogen and oxygen atoms in total. The lowest BCUT2D eigenvalue weighted by Gasteiger charge is -2.05. The van der Waals surface area contributed by atoms with Gasteiger partial charge in [0, 0.05) is 22.8 Å². The molecule has 0 saturated heterocycles. The van der Waals surface area contributed by atoms with Gasteiger partial charge in [-0.15, -0.1) is 11.3 Å². The summed E-state index contributed by atoms with van der Waals surface area (Å²) < 4.78 is 6.95. The third-order valence-electron chi connectivity index (χ3n) is 4.00. The Morgan fingerprint density at radius 2 is 1.93 bits per heavy atom. The molecule has 8 heteroatoms. The summed E-state index contributed by atoms with van der Waals surface area (Å²) in [7, 11) is 1.63. The lowest BCUT2D eigenvalue weighted by molar-refractivity contribution is 0.102. The lowest BCUT2D eigenvalue weighted by atomic mass is 10.2. The van der Waals surface area contributed by atoms with Crippen molar-refractivity contribution in [3.8, 4) is 17.0 Å². The van der Waals surface area contributed by atoms with Crippen LogP contribution in [0.2, 0.25) is 10.0 Å². The molecule has 0 radical (unpaired) electrons. The van der Waals surface area contributed by atoms with Crippen molar-refractivity contribution < 1.29 is 9.53 Å². The Balaban J connectivity index is 1.62. The average Bonchev–Trinajstić information content (AvgIpc) is 3.25. The summed E-state index contributed by atoms with van der Waals surface area (Å²) in [6.07, 6.45) is 1.84. The number of nitrogens with zero attached hydrogens (tertiary/aromatic N) is 2. The third-order valence-corrected chi connectivity index (χ3v) is 5.58. The number of hydrogen-bond donors (Lipinski definition) is 1. The Hall–Kier alpha value is -2.54. The van der Waals surface area contributed by atoms with Gasteiger partial charge in [0.25, 0.3) is 5.91 Å². The summed E-state index contributed by atoms with van der Waals surface area (Å²) in [4.78, 5) is 18.0. The molecular weight excluding hydrogens is 405 g/mol. The maximum absolute atomic E-state index is 12.7. The van der Waals surface area contributed by atoms with Crippen molar-refractivity contribution >= 4 is 51.1 Å². The maximum Gasteiger partial charge on any atom is 0.273 e. The largest absolute Gasteiger partial charge is 0.497 e. The third kappa shape index (κ3) is 3.51. The molecule has 1 N–H and O–H groups in total. The van der Waals surface area contributed by atoms with Gasteiger partial charge in [0.1, 0.15) is 11.4 Å².